The van der Waals surface area contributed by atoms with Crippen LogP contribution in [0.25, 0.3) is 0 Å². The number of hydrogen-bond acceptors (Lipinski definition) is 4. The molecule has 0 rings (SSSR count). The largest absolute Gasteiger partial charge is 0.453 e. The van der Waals surface area contributed by atoms with E-state index in [-0.39, 0.29) is 11.8 Å². The Balaban J connectivity index is 3.25. The van der Waals surface area contributed by atoms with Gasteiger partial charge in [-0.15, -0.1) is 0 Å². The molecule has 0 aliphatic rings. The van der Waals surface area contributed by atoms with Gasteiger partial charge in [0.05, 0.1) is 7.11 Å². The number of hydrogen-bond donors (Lipinski definition) is 3. The summed E-state index contributed by atoms with van der Waals surface area (Å²) in [5, 5.41) is 5.46. The zero-order chi connectivity index (χ0) is 15.9. The topological polar surface area (TPSA) is 111 Å². The van der Waals surface area contributed by atoms with Crippen LogP contribution in [-0.4, -0.2) is 38.1 Å². The summed E-state index contributed by atoms with van der Waals surface area (Å²) < 4.78 is 4.45. The first kappa shape index (κ1) is 19.2. The molecule has 0 aliphatic carbocycles. The van der Waals surface area contributed by atoms with Crippen molar-refractivity contribution in [3.8, 4) is 0 Å². The summed E-state index contributed by atoms with van der Waals surface area (Å²) in [6.45, 7) is 1.28. The van der Waals surface area contributed by atoms with Crippen LogP contribution in [0.3, 0.4) is 0 Å². The SMILES string of the molecule is COC(=O)NCCCCCCNC(=O)CCCCC(N)=O. The third-order valence-corrected chi connectivity index (χ3v) is 2.96. The van der Waals surface area contributed by atoms with Crippen molar-refractivity contribution in [2.24, 2.45) is 5.73 Å². The van der Waals surface area contributed by atoms with Crippen molar-refractivity contribution >= 4 is 17.9 Å². The average molecular weight is 301 g/mol. The lowest BCUT2D eigenvalue weighted by atomic mass is 10.1. The Hall–Kier alpha value is -1.79. The predicted molar refractivity (Wildman–Crippen MR) is 79.5 cm³/mol. The molecule has 0 saturated heterocycles. The second kappa shape index (κ2) is 13.2. The molecule has 0 fully saturated rings. The standard InChI is InChI=1S/C14H27N3O4/c1-21-14(20)17-11-7-3-2-6-10-16-13(19)9-5-4-8-12(15)18/h2-11H2,1H3,(H2,15,18)(H,16,19)(H,17,20). The van der Waals surface area contributed by atoms with Crippen molar-refractivity contribution in [2.45, 2.75) is 51.4 Å². The lowest BCUT2D eigenvalue weighted by Crippen LogP contribution is -2.24. The van der Waals surface area contributed by atoms with Gasteiger partial charge in [-0.2, -0.15) is 0 Å². The highest BCUT2D eigenvalue weighted by Gasteiger charge is 2.02. The van der Waals surface area contributed by atoms with Crippen molar-refractivity contribution in [1.82, 2.24) is 10.6 Å². The van der Waals surface area contributed by atoms with Gasteiger partial charge < -0.3 is 21.1 Å². The van der Waals surface area contributed by atoms with Gasteiger partial charge in [-0.25, -0.2) is 4.79 Å². The minimum Gasteiger partial charge on any atom is -0.453 e. The molecule has 0 aromatic rings. The van der Waals surface area contributed by atoms with E-state index in [4.69, 9.17) is 5.73 Å². The summed E-state index contributed by atoms with van der Waals surface area (Å²) in [5.74, 6) is -0.302. The molecular weight excluding hydrogens is 274 g/mol. The minimum absolute atomic E-state index is 0.0202. The highest BCUT2D eigenvalue weighted by Crippen LogP contribution is 2.00. The summed E-state index contributed by atoms with van der Waals surface area (Å²) in [4.78, 5) is 32.7. The van der Waals surface area contributed by atoms with E-state index in [0.717, 1.165) is 25.7 Å². The zero-order valence-corrected chi connectivity index (χ0v) is 12.8. The van der Waals surface area contributed by atoms with Crippen molar-refractivity contribution in [3.05, 3.63) is 0 Å². The molecule has 7 heteroatoms. The number of unbranched alkanes of at least 4 members (excludes halogenated alkanes) is 4. The summed E-state index contributed by atoms with van der Waals surface area (Å²) >= 11 is 0. The van der Waals surface area contributed by atoms with Gasteiger partial charge in [0.25, 0.3) is 0 Å². The van der Waals surface area contributed by atoms with Gasteiger partial charge >= 0.3 is 6.09 Å². The first-order valence-electron chi connectivity index (χ1n) is 7.43. The van der Waals surface area contributed by atoms with E-state index in [2.05, 4.69) is 15.4 Å². The quantitative estimate of drug-likeness (QED) is 0.468. The van der Waals surface area contributed by atoms with Crippen LogP contribution in [0, 0.1) is 0 Å². The number of nitrogens with one attached hydrogen (secondary N) is 2. The number of amides is 3. The second-order valence-corrected chi connectivity index (χ2v) is 4.86. The molecule has 0 radical (unpaired) electrons. The maximum absolute atomic E-state index is 11.4. The number of carbonyl (C=O) groups excluding carboxylic acids is 3. The van der Waals surface area contributed by atoms with Gasteiger partial charge in [0, 0.05) is 25.9 Å². The smallest absolute Gasteiger partial charge is 0.406 e. The maximum Gasteiger partial charge on any atom is 0.406 e. The highest BCUT2D eigenvalue weighted by molar-refractivity contribution is 5.76. The Morgan fingerprint density at radius 2 is 1.43 bits per heavy atom. The van der Waals surface area contributed by atoms with Crippen LogP contribution in [0.1, 0.15) is 51.4 Å². The van der Waals surface area contributed by atoms with Crippen LogP contribution < -0.4 is 16.4 Å². The molecule has 0 unspecified atom stereocenters. The molecule has 0 atom stereocenters. The van der Waals surface area contributed by atoms with Crippen LogP contribution in [0.15, 0.2) is 0 Å². The van der Waals surface area contributed by atoms with E-state index in [1.54, 1.807) is 0 Å². The Bertz CT molecular complexity index is 321. The van der Waals surface area contributed by atoms with Crippen LogP contribution in [-0.2, 0) is 14.3 Å². The lowest BCUT2D eigenvalue weighted by molar-refractivity contribution is -0.122. The molecule has 0 bridgehead atoms. The van der Waals surface area contributed by atoms with E-state index in [9.17, 15) is 14.4 Å². The number of nitrogens with two attached hydrogens (primary N) is 1. The molecule has 3 amide bonds. The van der Waals surface area contributed by atoms with Gasteiger partial charge in [0.1, 0.15) is 0 Å². The molecular formula is C14H27N3O4. The maximum atomic E-state index is 11.4. The Morgan fingerprint density at radius 1 is 0.857 bits per heavy atom. The van der Waals surface area contributed by atoms with E-state index in [1.165, 1.54) is 7.11 Å². The first-order valence-corrected chi connectivity index (χ1v) is 7.43. The average Bonchev–Trinajstić information content (AvgIpc) is 2.45. The van der Waals surface area contributed by atoms with Gasteiger partial charge in [-0.1, -0.05) is 12.8 Å². The molecule has 0 aromatic carbocycles. The summed E-state index contributed by atoms with van der Waals surface area (Å²) in [6.07, 6.45) is 5.55. The number of carbonyl (C=O) groups is 3. The Labute approximate surface area is 126 Å². The fourth-order valence-electron chi connectivity index (χ4n) is 1.77. The Kier molecular flexibility index (Phi) is 12.1. The van der Waals surface area contributed by atoms with Crippen LogP contribution in [0.5, 0.6) is 0 Å². The summed E-state index contributed by atoms with van der Waals surface area (Å²) in [5.41, 5.74) is 5.01. The monoisotopic (exact) mass is 301 g/mol. The molecule has 122 valence electrons. The number of ether oxygens (including phenoxy) is 1. The molecule has 0 spiro atoms. The third kappa shape index (κ3) is 14.4. The van der Waals surface area contributed by atoms with Crippen molar-refractivity contribution in [3.63, 3.8) is 0 Å². The molecule has 0 aliphatic heterocycles. The van der Waals surface area contributed by atoms with Crippen molar-refractivity contribution in [2.75, 3.05) is 20.2 Å². The summed E-state index contributed by atoms with van der Waals surface area (Å²) in [6, 6.07) is 0. The fraction of sp³-hybridized carbons (Fsp3) is 0.786. The first-order chi connectivity index (χ1) is 10.1. The lowest BCUT2D eigenvalue weighted by Gasteiger charge is -2.05. The van der Waals surface area contributed by atoms with E-state index < -0.39 is 6.09 Å². The minimum atomic E-state index is -0.404. The van der Waals surface area contributed by atoms with Gasteiger partial charge in [-0.3, -0.25) is 9.59 Å². The zero-order valence-electron chi connectivity index (χ0n) is 12.8. The number of methoxy groups -OCH3 is 1. The van der Waals surface area contributed by atoms with Crippen LogP contribution >= 0.6 is 0 Å². The van der Waals surface area contributed by atoms with Gasteiger partial charge in [0.15, 0.2) is 0 Å². The normalized spacial score (nSPS) is 9.95. The van der Waals surface area contributed by atoms with E-state index in [1.807, 2.05) is 0 Å². The van der Waals surface area contributed by atoms with E-state index in [0.29, 0.717) is 38.8 Å². The van der Waals surface area contributed by atoms with Crippen molar-refractivity contribution < 1.29 is 19.1 Å². The van der Waals surface area contributed by atoms with Crippen LogP contribution in [0.4, 0.5) is 4.79 Å². The van der Waals surface area contributed by atoms with Gasteiger partial charge in [-0.05, 0) is 25.7 Å². The highest BCUT2D eigenvalue weighted by atomic mass is 16.5. The molecule has 0 saturated carbocycles. The molecule has 7 nitrogen and oxygen atoms in total. The van der Waals surface area contributed by atoms with Crippen LogP contribution in [0.2, 0.25) is 0 Å². The molecule has 0 aromatic heterocycles. The number of alkyl carbamates (subject to hydrolysis) is 1. The second-order valence-electron chi connectivity index (χ2n) is 4.86. The number of primary amides is 1. The molecule has 21 heavy (non-hydrogen) atoms. The summed E-state index contributed by atoms with van der Waals surface area (Å²) in [7, 11) is 1.34. The molecule has 0 heterocycles. The fourth-order valence-corrected chi connectivity index (χ4v) is 1.77. The van der Waals surface area contributed by atoms with Gasteiger partial charge in [0.2, 0.25) is 11.8 Å². The number of rotatable bonds is 12. The van der Waals surface area contributed by atoms with Crippen molar-refractivity contribution in [1.29, 1.82) is 0 Å². The third-order valence-electron chi connectivity index (χ3n) is 2.96. The Morgan fingerprint density at radius 3 is 2.00 bits per heavy atom. The van der Waals surface area contributed by atoms with E-state index >= 15 is 0 Å². The predicted octanol–water partition coefficient (Wildman–Crippen LogP) is 1.06. The molecule has 4 N–H and O–H groups in total.